The van der Waals surface area contributed by atoms with Crippen LogP contribution in [0.3, 0.4) is 0 Å². The number of carbonyl (C=O) groups excluding carboxylic acids is 1. The van der Waals surface area contributed by atoms with Crippen LogP contribution in [0.5, 0.6) is 0 Å². The van der Waals surface area contributed by atoms with Crippen molar-refractivity contribution in [3.8, 4) is 6.07 Å². The average molecular weight is 180 g/mol. The molecule has 0 spiro atoms. The molecule has 3 heteroatoms. The van der Waals surface area contributed by atoms with Crippen LogP contribution in [0.15, 0.2) is 0 Å². The first-order valence-electron chi connectivity index (χ1n) is 4.72. The van der Waals surface area contributed by atoms with Crippen LogP contribution >= 0.6 is 0 Å². The van der Waals surface area contributed by atoms with Crippen molar-refractivity contribution in [1.82, 2.24) is 4.90 Å². The molecule has 72 valence electrons. The monoisotopic (exact) mass is 180 g/mol. The van der Waals surface area contributed by atoms with Crippen molar-refractivity contribution in [3.63, 3.8) is 0 Å². The van der Waals surface area contributed by atoms with Crippen LogP contribution in [0.1, 0.15) is 20.3 Å². The number of carbonyl (C=O) groups is 1. The van der Waals surface area contributed by atoms with Crippen LogP contribution in [0.2, 0.25) is 0 Å². The lowest BCUT2D eigenvalue weighted by Crippen LogP contribution is -2.28. The van der Waals surface area contributed by atoms with Gasteiger partial charge in [-0.15, -0.1) is 0 Å². The molecule has 1 saturated heterocycles. The molecule has 1 amide bonds. The van der Waals surface area contributed by atoms with Gasteiger partial charge in [0, 0.05) is 13.6 Å². The maximum atomic E-state index is 11.6. The molecule has 1 heterocycles. The third-order valence-electron chi connectivity index (χ3n) is 2.77. The SMILES string of the molecule is CC(C)C(C#N)C1CCN(C)C1=O. The minimum absolute atomic E-state index is 0.0602. The highest BCUT2D eigenvalue weighted by Crippen LogP contribution is 2.29. The van der Waals surface area contributed by atoms with Gasteiger partial charge < -0.3 is 4.90 Å². The lowest BCUT2D eigenvalue weighted by Gasteiger charge is -2.18. The van der Waals surface area contributed by atoms with Gasteiger partial charge in [-0.1, -0.05) is 13.8 Å². The van der Waals surface area contributed by atoms with Crippen molar-refractivity contribution in [2.24, 2.45) is 17.8 Å². The number of rotatable bonds is 2. The molecule has 0 N–H and O–H groups in total. The maximum Gasteiger partial charge on any atom is 0.226 e. The Morgan fingerprint density at radius 3 is 2.54 bits per heavy atom. The summed E-state index contributed by atoms with van der Waals surface area (Å²) in [5, 5.41) is 8.94. The van der Waals surface area contributed by atoms with Gasteiger partial charge >= 0.3 is 0 Å². The van der Waals surface area contributed by atoms with E-state index < -0.39 is 0 Å². The molecule has 0 aromatic rings. The highest BCUT2D eigenvalue weighted by Gasteiger charge is 2.36. The van der Waals surface area contributed by atoms with Gasteiger partial charge in [0.15, 0.2) is 0 Å². The zero-order valence-electron chi connectivity index (χ0n) is 8.45. The summed E-state index contributed by atoms with van der Waals surface area (Å²) in [5.41, 5.74) is 0. The Balaban J connectivity index is 2.72. The van der Waals surface area contributed by atoms with Gasteiger partial charge in [-0.05, 0) is 12.3 Å². The van der Waals surface area contributed by atoms with Crippen molar-refractivity contribution < 1.29 is 4.79 Å². The fourth-order valence-electron chi connectivity index (χ4n) is 1.89. The predicted molar refractivity (Wildman–Crippen MR) is 49.7 cm³/mol. The van der Waals surface area contributed by atoms with Crippen LogP contribution in [-0.4, -0.2) is 24.4 Å². The van der Waals surface area contributed by atoms with Crippen LogP contribution in [-0.2, 0) is 4.79 Å². The van der Waals surface area contributed by atoms with Crippen LogP contribution < -0.4 is 0 Å². The Morgan fingerprint density at radius 2 is 2.23 bits per heavy atom. The molecule has 2 unspecified atom stereocenters. The van der Waals surface area contributed by atoms with Crippen molar-refractivity contribution in [2.45, 2.75) is 20.3 Å². The quantitative estimate of drug-likeness (QED) is 0.642. The second-order valence-corrected chi connectivity index (χ2v) is 4.05. The number of likely N-dealkylation sites (tertiary alicyclic amines) is 1. The van der Waals surface area contributed by atoms with E-state index in [0.29, 0.717) is 0 Å². The topological polar surface area (TPSA) is 44.1 Å². The normalized spacial score (nSPS) is 25.0. The largest absolute Gasteiger partial charge is 0.345 e. The van der Waals surface area contributed by atoms with E-state index in [1.807, 2.05) is 13.8 Å². The zero-order valence-corrected chi connectivity index (χ0v) is 8.45. The Labute approximate surface area is 79.3 Å². The zero-order chi connectivity index (χ0) is 10.0. The van der Waals surface area contributed by atoms with E-state index >= 15 is 0 Å². The summed E-state index contributed by atoms with van der Waals surface area (Å²) in [6.45, 7) is 4.80. The maximum absolute atomic E-state index is 11.6. The predicted octanol–water partition coefficient (Wildman–Crippen LogP) is 1.26. The third-order valence-corrected chi connectivity index (χ3v) is 2.77. The van der Waals surface area contributed by atoms with Crippen molar-refractivity contribution in [1.29, 1.82) is 5.26 Å². The molecule has 3 nitrogen and oxygen atoms in total. The van der Waals surface area contributed by atoms with Gasteiger partial charge in [-0.25, -0.2) is 0 Å². The van der Waals surface area contributed by atoms with E-state index in [4.69, 9.17) is 5.26 Å². The fourth-order valence-corrected chi connectivity index (χ4v) is 1.89. The summed E-state index contributed by atoms with van der Waals surface area (Å²) in [6, 6.07) is 2.25. The summed E-state index contributed by atoms with van der Waals surface area (Å²) in [5.74, 6) is 0.234. The first kappa shape index (κ1) is 10.0. The Kier molecular flexibility index (Phi) is 2.92. The van der Waals surface area contributed by atoms with E-state index in [-0.39, 0.29) is 23.7 Å². The van der Waals surface area contributed by atoms with Gasteiger partial charge in [-0.3, -0.25) is 4.79 Å². The molecule has 13 heavy (non-hydrogen) atoms. The number of nitrogens with zero attached hydrogens (tertiary/aromatic N) is 2. The molecule has 1 aliphatic rings. The van der Waals surface area contributed by atoms with Crippen molar-refractivity contribution >= 4 is 5.91 Å². The average Bonchev–Trinajstić information content (AvgIpc) is 2.37. The standard InChI is InChI=1S/C10H16N2O/c1-7(2)9(6-11)8-4-5-12(3)10(8)13/h7-9H,4-5H2,1-3H3. The summed E-state index contributed by atoms with van der Waals surface area (Å²) < 4.78 is 0. The van der Waals surface area contributed by atoms with E-state index in [0.717, 1.165) is 13.0 Å². The minimum atomic E-state index is -0.113. The minimum Gasteiger partial charge on any atom is -0.345 e. The van der Waals surface area contributed by atoms with Gasteiger partial charge in [0.2, 0.25) is 5.91 Å². The molecule has 2 atom stereocenters. The number of hydrogen-bond donors (Lipinski definition) is 0. The second kappa shape index (κ2) is 3.78. The summed E-state index contributed by atoms with van der Waals surface area (Å²) >= 11 is 0. The van der Waals surface area contributed by atoms with Crippen LogP contribution in [0.4, 0.5) is 0 Å². The van der Waals surface area contributed by atoms with Crippen molar-refractivity contribution in [2.75, 3.05) is 13.6 Å². The van der Waals surface area contributed by atoms with Crippen LogP contribution in [0, 0.1) is 29.1 Å². The highest BCUT2D eigenvalue weighted by atomic mass is 16.2. The van der Waals surface area contributed by atoms with Crippen LogP contribution in [0.25, 0.3) is 0 Å². The molecule has 1 fully saturated rings. The third kappa shape index (κ3) is 1.82. The smallest absolute Gasteiger partial charge is 0.226 e. The summed E-state index contributed by atoms with van der Waals surface area (Å²) in [6.07, 6.45) is 0.839. The lowest BCUT2D eigenvalue weighted by molar-refractivity contribution is -0.131. The first-order chi connectivity index (χ1) is 6.07. The summed E-state index contributed by atoms with van der Waals surface area (Å²) in [4.78, 5) is 13.3. The number of hydrogen-bond acceptors (Lipinski definition) is 2. The van der Waals surface area contributed by atoms with Gasteiger partial charge in [0.05, 0.1) is 17.9 Å². The van der Waals surface area contributed by atoms with E-state index in [2.05, 4.69) is 6.07 Å². The second-order valence-electron chi connectivity index (χ2n) is 4.05. The molecule has 0 saturated carbocycles. The molecule has 0 aromatic carbocycles. The molecule has 0 aromatic heterocycles. The van der Waals surface area contributed by atoms with Gasteiger partial charge in [-0.2, -0.15) is 5.26 Å². The molecule has 0 aliphatic carbocycles. The highest BCUT2D eigenvalue weighted by molar-refractivity contribution is 5.81. The first-order valence-corrected chi connectivity index (χ1v) is 4.72. The lowest BCUT2D eigenvalue weighted by atomic mass is 9.83. The van der Waals surface area contributed by atoms with E-state index in [1.165, 1.54) is 0 Å². The molecule has 0 radical (unpaired) electrons. The fraction of sp³-hybridized carbons (Fsp3) is 0.800. The number of nitriles is 1. The molecule has 1 rings (SSSR count). The summed E-state index contributed by atoms with van der Waals surface area (Å²) in [7, 11) is 1.80. The number of amides is 1. The molecule has 1 aliphatic heterocycles. The van der Waals surface area contributed by atoms with Gasteiger partial charge in [0.1, 0.15) is 0 Å². The van der Waals surface area contributed by atoms with Gasteiger partial charge in [0.25, 0.3) is 0 Å². The Bertz CT molecular complexity index is 242. The molecular formula is C10H16N2O. The molecule has 0 bridgehead atoms. The van der Waals surface area contributed by atoms with E-state index in [1.54, 1.807) is 11.9 Å². The van der Waals surface area contributed by atoms with E-state index in [9.17, 15) is 4.79 Å². The Morgan fingerprint density at radius 1 is 1.62 bits per heavy atom. The van der Waals surface area contributed by atoms with Crippen molar-refractivity contribution in [3.05, 3.63) is 0 Å². The Hall–Kier alpha value is -1.04. The molecular weight excluding hydrogens is 164 g/mol.